The van der Waals surface area contributed by atoms with Crippen LogP contribution in [0.15, 0.2) is 0 Å². The van der Waals surface area contributed by atoms with Crippen LogP contribution in [0.3, 0.4) is 0 Å². The van der Waals surface area contributed by atoms with E-state index in [0.29, 0.717) is 6.04 Å². The van der Waals surface area contributed by atoms with Crippen molar-refractivity contribution in [3.63, 3.8) is 0 Å². The second kappa shape index (κ2) is 10.8. The fraction of sp³-hybridized carbons (Fsp3) is 1.00. The van der Waals surface area contributed by atoms with Crippen molar-refractivity contribution in [1.82, 2.24) is 5.32 Å². The first kappa shape index (κ1) is 15.3. The summed E-state index contributed by atoms with van der Waals surface area (Å²) in [6.45, 7) is 7.96. The molecule has 0 aromatic rings. The van der Waals surface area contributed by atoms with E-state index in [1.165, 1.54) is 12.2 Å². The average molecular weight is 233 g/mol. The largest absolute Gasteiger partial charge is 0.395 e. The first-order chi connectivity index (χ1) is 7.20. The molecule has 0 aromatic heterocycles. The number of aliphatic hydroxyl groups excluding tert-OH is 1. The molecule has 0 amide bonds. The monoisotopic (exact) mass is 233 g/mol. The fourth-order valence-electron chi connectivity index (χ4n) is 1.25. The summed E-state index contributed by atoms with van der Waals surface area (Å²) in [7, 11) is 0. The molecule has 0 saturated carbocycles. The molecule has 2 N–H and O–H groups in total. The van der Waals surface area contributed by atoms with Gasteiger partial charge in [-0.05, 0) is 43.2 Å². The first-order valence-corrected chi connectivity index (χ1v) is 7.28. The molecule has 0 spiro atoms. The Labute approximate surface area is 99.2 Å². The highest BCUT2D eigenvalue weighted by atomic mass is 32.2. The Kier molecular flexibility index (Phi) is 11.0. The number of aliphatic hydroxyl groups is 1. The van der Waals surface area contributed by atoms with Gasteiger partial charge in [0.1, 0.15) is 0 Å². The van der Waals surface area contributed by atoms with Gasteiger partial charge in [-0.1, -0.05) is 20.8 Å². The van der Waals surface area contributed by atoms with Crippen molar-refractivity contribution >= 4 is 11.8 Å². The smallest absolute Gasteiger partial charge is 0.0584 e. The lowest BCUT2D eigenvalue weighted by Crippen LogP contribution is -2.33. The van der Waals surface area contributed by atoms with Crippen LogP contribution in [0.4, 0.5) is 0 Å². The molecule has 0 aliphatic heterocycles. The lowest BCUT2D eigenvalue weighted by atomic mass is 10.2. The molecule has 1 atom stereocenters. The van der Waals surface area contributed by atoms with Crippen LogP contribution in [-0.2, 0) is 0 Å². The maximum absolute atomic E-state index is 9.13. The van der Waals surface area contributed by atoms with Gasteiger partial charge in [0.15, 0.2) is 0 Å². The van der Waals surface area contributed by atoms with Gasteiger partial charge in [-0.15, -0.1) is 0 Å². The topological polar surface area (TPSA) is 32.3 Å². The van der Waals surface area contributed by atoms with Crippen LogP contribution in [0.1, 0.15) is 40.0 Å². The quantitative estimate of drug-likeness (QED) is 0.569. The maximum atomic E-state index is 9.13. The molecular weight excluding hydrogens is 206 g/mol. The Morgan fingerprint density at radius 1 is 1.20 bits per heavy atom. The molecule has 0 fully saturated rings. The maximum Gasteiger partial charge on any atom is 0.0584 e. The summed E-state index contributed by atoms with van der Waals surface area (Å²) in [5.41, 5.74) is 0. The second-order valence-corrected chi connectivity index (χ2v) is 5.64. The molecule has 2 nitrogen and oxygen atoms in total. The van der Waals surface area contributed by atoms with E-state index in [4.69, 9.17) is 5.11 Å². The van der Waals surface area contributed by atoms with E-state index in [1.807, 2.05) is 11.8 Å². The van der Waals surface area contributed by atoms with Crippen molar-refractivity contribution in [2.75, 3.05) is 24.7 Å². The molecule has 3 heteroatoms. The minimum absolute atomic E-state index is 0.269. The zero-order valence-electron chi connectivity index (χ0n) is 10.5. The van der Waals surface area contributed by atoms with E-state index >= 15 is 0 Å². The molecule has 0 radical (unpaired) electrons. The van der Waals surface area contributed by atoms with Crippen molar-refractivity contribution < 1.29 is 5.11 Å². The Morgan fingerprint density at radius 3 is 2.40 bits per heavy atom. The summed E-state index contributed by atoms with van der Waals surface area (Å²) < 4.78 is 0. The third-order valence-corrected chi connectivity index (χ3v) is 3.40. The summed E-state index contributed by atoms with van der Waals surface area (Å²) in [4.78, 5) is 0. The molecule has 0 bridgehead atoms. The third kappa shape index (κ3) is 10.6. The molecule has 1 unspecified atom stereocenters. The zero-order valence-corrected chi connectivity index (χ0v) is 11.3. The molecule has 92 valence electrons. The number of hydrogen-bond acceptors (Lipinski definition) is 3. The summed E-state index contributed by atoms with van der Waals surface area (Å²) in [5.74, 6) is 3.22. The predicted molar refractivity (Wildman–Crippen MR) is 70.6 cm³/mol. The van der Waals surface area contributed by atoms with Crippen molar-refractivity contribution in [3.8, 4) is 0 Å². The van der Waals surface area contributed by atoms with Crippen molar-refractivity contribution in [3.05, 3.63) is 0 Å². The van der Waals surface area contributed by atoms with E-state index in [-0.39, 0.29) is 6.61 Å². The second-order valence-electron chi connectivity index (χ2n) is 4.42. The Balaban J connectivity index is 3.30. The molecule has 15 heavy (non-hydrogen) atoms. The minimum atomic E-state index is 0.269. The van der Waals surface area contributed by atoms with Crippen LogP contribution in [0.2, 0.25) is 0 Å². The first-order valence-electron chi connectivity index (χ1n) is 6.12. The number of thioether (sulfide) groups is 1. The lowest BCUT2D eigenvalue weighted by molar-refractivity contribution is 0.240. The normalized spacial score (nSPS) is 13.4. The molecule has 0 saturated heterocycles. The standard InChI is InChI=1S/C12H27NOS/c1-4-7-13-12(10-14)6-9-15-8-5-11(2)3/h11-14H,4-10H2,1-3H3. The molecule has 0 rings (SSSR count). The lowest BCUT2D eigenvalue weighted by Gasteiger charge is -2.15. The summed E-state index contributed by atoms with van der Waals surface area (Å²) in [5, 5.41) is 12.5. The van der Waals surface area contributed by atoms with Crippen LogP contribution in [-0.4, -0.2) is 35.8 Å². The van der Waals surface area contributed by atoms with Gasteiger partial charge >= 0.3 is 0 Å². The van der Waals surface area contributed by atoms with E-state index in [1.54, 1.807) is 0 Å². The van der Waals surface area contributed by atoms with Gasteiger partial charge in [-0.2, -0.15) is 11.8 Å². The highest BCUT2D eigenvalue weighted by Crippen LogP contribution is 2.10. The number of rotatable bonds is 10. The van der Waals surface area contributed by atoms with E-state index in [9.17, 15) is 0 Å². The van der Waals surface area contributed by atoms with E-state index in [2.05, 4.69) is 26.1 Å². The van der Waals surface area contributed by atoms with Crippen LogP contribution < -0.4 is 5.32 Å². The highest BCUT2D eigenvalue weighted by Gasteiger charge is 2.05. The highest BCUT2D eigenvalue weighted by molar-refractivity contribution is 7.99. The molecular formula is C12H27NOS. The third-order valence-electron chi connectivity index (χ3n) is 2.35. The molecule has 0 aromatic carbocycles. The summed E-state index contributed by atoms with van der Waals surface area (Å²) >= 11 is 2.01. The van der Waals surface area contributed by atoms with E-state index in [0.717, 1.165) is 31.1 Å². The van der Waals surface area contributed by atoms with Gasteiger partial charge in [0.25, 0.3) is 0 Å². The van der Waals surface area contributed by atoms with Crippen LogP contribution in [0.5, 0.6) is 0 Å². The van der Waals surface area contributed by atoms with Gasteiger partial charge in [0, 0.05) is 6.04 Å². The molecule has 0 aliphatic carbocycles. The predicted octanol–water partition coefficient (Wildman–Crippen LogP) is 2.52. The Hall–Kier alpha value is 0.270. The SMILES string of the molecule is CCCNC(CO)CCSCCC(C)C. The zero-order chi connectivity index (χ0) is 11.5. The van der Waals surface area contributed by atoms with Gasteiger partial charge in [-0.3, -0.25) is 0 Å². The minimum Gasteiger partial charge on any atom is -0.395 e. The number of nitrogens with one attached hydrogen (secondary N) is 1. The van der Waals surface area contributed by atoms with Crippen LogP contribution in [0, 0.1) is 5.92 Å². The van der Waals surface area contributed by atoms with Crippen LogP contribution >= 0.6 is 11.8 Å². The Morgan fingerprint density at radius 2 is 1.87 bits per heavy atom. The Bertz CT molecular complexity index is 131. The van der Waals surface area contributed by atoms with Gasteiger partial charge in [0.05, 0.1) is 6.61 Å². The average Bonchev–Trinajstić information content (AvgIpc) is 2.21. The van der Waals surface area contributed by atoms with Crippen molar-refractivity contribution in [1.29, 1.82) is 0 Å². The van der Waals surface area contributed by atoms with Crippen molar-refractivity contribution in [2.45, 2.75) is 46.1 Å². The molecule has 0 heterocycles. The van der Waals surface area contributed by atoms with Crippen LogP contribution in [0.25, 0.3) is 0 Å². The fourth-order valence-corrected chi connectivity index (χ4v) is 2.55. The molecule has 0 aliphatic rings. The number of hydrogen-bond donors (Lipinski definition) is 2. The van der Waals surface area contributed by atoms with Gasteiger partial charge in [0.2, 0.25) is 0 Å². The van der Waals surface area contributed by atoms with E-state index < -0.39 is 0 Å². The van der Waals surface area contributed by atoms with Crippen molar-refractivity contribution in [2.24, 2.45) is 5.92 Å². The van der Waals surface area contributed by atoms with Gasteiger partial charge < -0.3 is 10.4 Å². The summed E-state index contributed by atoms with van der Waals surface area (Å²) in [6.07, 6.45) is 3.52. The summed E-state index contributed by atoms with van der Waals surface area (Å²) in [6, 6.07) is 0.302. The van der Waals surface area contributed by atoms with Gasteiger partial charge in [-0.25, -0.2) is 0 Å².